The number of anilines is 1. The normalized spacial score (nSPS) is 24.4. The average Bonchev–Trinajstić information content (AvgIpc) is 2.66. The maximum absolute atomic E-state index is 14.5. The van der Waals surface area contributed by atoms with Gasteiger partial charge < -0.3 is 50.2 Å². The number of hydrogen-bond donors (Lipinski definition) is 4. The number of unbranched alkanes of at least 4 members (excludes halogenated alkanes) is 3. The number of hydrogen-bond acceptors (Lipinski definition) is 14. The van der Waals surface area contributed by atoms with Gasteiger partial charge in [-0.05, 0) is 119 Å². The summed E-state index contributed by atoms with van der Waals surface area (Å²) >= 11 is 10.1. The predicted molar refractivity (Wildman–Crippen MR) is 332 cm³/mol. The fourth-order valence-corrected chi connectivity index (χ4v) is 11.9. The number of nitrogens with one attached hydrogen (secondary N) is 2. The van der Waals surface area contributed by atoms with E-state index in [-0.39, 0.29) is 80.3 Å². The van der Waals surface area contributed by atoms with E-state index in [1.54, 1.807) is 52.1 Å². The summed E-state index contributed by atoms with van der Waals surface area (Å²) in [7, 11) is 4.49. The molecule has 3 aliphatic heterocycles. The zero-order valence-corrected chi connectivity index (χ0v) is 54.2. The van der Waals surface area contributed by atoms with E-state index in [0.717, 1.165) is 29.5 Å². The number of aliphatic hydroxyl groups is 1. The van der Waals surface area contributed by atoms with Gasteiger partial charge in [-0.15, -0.1) is 0 Å². The van der Waals surface area contributed by atoms with Gasteiger partial charge in [0.25, 0.3) is 5.91 Å². The zero-order valence-electron chi connectivity index (χ0n) is 51.8. The highest BCUT2D eigenvalue weighted by molar-refractivity contribution is 9.09. The standard InChI is InChI=1S/C65H89BrClN5O14/c1-37(2)48(32-47(73)20-15-13-14-16-22-51(74)41(6)36-66)60(78)70-49(21-18-26-69-63(68)81)52(75)31-45-24-25-46(29-39(45)4)61(79)71(10)43(8)62(80)85-55-33-56(76)72(11)50-30-44(28-40(5)58(50)67)27-38(3)19-17-23-54(83-12)65(82)34-53(84-57(77)35-65)42(7)59-64(55,9)86-59/h17,19,23-25,28-30,37,42-43,48-49,53-55,59,82H,6,13-16,18,20-22,26-27,31-36H2,1-5,7-12H3,(H,70,78)(H3,68,69,81)/b23-17+,38-19+/t42-,43+,48+,49+,53+,54-,55+,59+,64+,65-/m1/s1. The highest BCUT2D eigenvalue weighted by Crippen LogP contribution is 2.50. The van der Waals surface area contributed by atoms with E-state index in [1.165, 1.54) is 36.9 Å². The predicted octanol–water partition coefficient (Wildman–Crippen LogP) is 8.82. The number of nitrogens with zero attached hydrogens (tertiary/aromatic N) is 2. The van der Waals surface area contributed by atoms with Crippen molar-refractivity contribution in [3.8, 4) is 0 Å². The summed E-state index contributed by atoms with van der Waals surface area (Å²) in [5, 5.41) is 18.2. The number of amides is 5. The Bertz CT molecular complexity index is 2930. The lowest BCUT2D eigenvalue weighted by Gasteiger charge is -2.41. The molecule has 0 aliphatic carbocycles. The largest absolute Gasteiger partial charge is 0.462 e. The second-order valence-corrected chi connectivity index (χ2v) is 25.1. The minimum absolute atomic E-state index is 0.00226. The Morgan fingerprint density at radius 1 is 1.00 bits per heavy atom. The molecule has 21 heteroatoms. The molecule has 0 aromatic heterocycles. The zero-order chi connectivity index (χ0) is 64.0. The van der Waals surface area contributed by atoms with Crippen molar-refractivity contribution in [2.24, 2.45) is 23.5 Å². The number of esters is 2. The molecule has 2 aromatic carbocycles. The number of allylic oxidation sites excluding steroid dienone is 4. The third-order valence-corrected chi connectivity index (χ3v) is 18.3. The number of halogens is 2. The number of Topliss-reactive ketones (excluding diaryl/α,β-unsaturated/α-hetero) is 3. The van der Waals surface area contributed by atoms with Crippen LogP contribution in [0.5, 0.6) is 0 Å². The number of benzene rings is 2. The van der Waals surface area contributed by atoms with Gasteiger partial charge in [-0.3, -0.25) is 33.6 Å². The van der Waals surface area contributed by atoms with E-state index in [1.807, 2.05) is 45.9 Å². The number of ketones is 3. The number of carbonyl (C=O) groups excluding carboxylic acids is 9. The number of epoxide rings is 1. The summed E-state index contributed by atoms with van der Waals surface area (Å²) in [6.45, 7) is 18.1. The number of carbonyl (C=O) groups is 9. The molecule has 19 nitrogen and oxygen atoms in total. The first kappa shape index (κ1) is 70.7. The van der Waals surface area contributed by atoms with E-state index >= 15 is 0 Å². The molecule has 5 N–H and O–H groups in total. The third-order valence-electron chi connectivity index (χ3n) is 17.1. The van der Waals surface area contributed by atoms with Gasteiger partial charge >= 0.3 is 18.0 Å². The monoisotopic (exact) mass is 1280 g/mol. The van der Waals surface area contributed by atoms with E-state index < -0.39 is 95.2 Å². The van der Waals surface area contributed by atoms with Gasteiger partial charge in [0.15, 0.2) is 11.6 Å². The minimum Gasteiger partial charge on any atom is -0.462 e. The number of likely N-dealkylation sites (N-methyl/N-ethyl adjacent to an activating group) is 1. The molecule has 2 saturated heterocycles. The quantitative estimate of drug-likeness (QED) is 0.0225. The first-order chi connectivity index (χ1) is 40.4. The molecule has 5 rings (SSSR count). The van der Waals surface area contributed by atoms with Crippen LogP contribution >= 0.6 is 27.5 Å². The number of aryl methyl sites for hydroxylation is 2. The molecule has 2 fully saturated rings. The maximum atomic E-state index is 14.5. The lowest BCUT2D eigenvalue weighted by atomic mass is 9.78. The third kappa shape index (κ3) is 19.0. The molecule has 2 aromatic rings. The van der Waals surface area contributed by atoms with Crippen LogP contribution in [0.1, 0.15) is 151 Å². The van der Waals surface area contributed by atoms with Crippen LogP contribution in [0.4, 0.5) is 10.5 Å². The number of ether oxygens (including phenoxy) is 4. The highest BCUT2D eigenvalue weighted by Gasteiger charge is 2.64. The van der Waals surface area contributed by atoms with Crippen molar-refractivity contribution in [3.05, 3.63) is 99.1 Å². The average molecular weight is 1280 g/mol. The fraction of sp³-hybridized carbons (Fsp3) is 0.585. The molecule has 86 heavy (non-hydrogen) atoms. The van der Waals surface area contributed by atoms with Crippen LogP contribution in [0.25, 0.3) is 0 Å². The lowest BCUT2D eigenvalue weighted by molar-refractivity contribution is -0.187. The summed E-state index contributed by atoms with van der Waals surface area (Å²) in [4.78, 5) is 124. The number of primary amides is 1. The van der Waals surface area contributed by atoms with E-state index in [4.69, 9.17) is 36.3 Å². The number of fused-ring (bicyclic) bond motifs is 5. The van der Waals surface area contributed by atoms with Gasteiger partial charge in [0, 0.05) is 82.6 Å². The van der Waals surface area contributed by atoms with Gasteiger partial charge in [-0.25, -0.2) is 9.59 Å². The van der Waals surface area contributed by atoms with Crippen LogP contribution in [0.15, 0.2) is 66.3 Å². The van der Waals surface area contributed by atoms with Crippen LogP contribution in [0.3, 0.4) is 0 Å². The smallest absolute Gasteiger partial charge is 0.328 e. The van der Waals surface area contributed by atoms with Crippen molar-refractivity contribution in [1.82, 2.24) is 15.5 Å². The van der Waals surface area contributed by atoms with Gasteiger partial charge in [0.1, 0.15) is 41.3 Å². The van der Waals surface area contributed by atoms with Crippen LogP contribution in [-0.4, -0.2) is 144 Å². The molecule has 0 radical (unpaired) electrons. The van der Waals surface area contributed by atoms with Crippen molar-refractivity contribution in [2.45, 2.75) is 193 Å². The van der Waals surface area contributed by atoms with E-state index in [0.29, 0.717) is 64.8 Å². The molecule has 10 atom stereocenters. The number of methoxy groups -OCH3 is 1. The lowest BCUT2D eigenvalue weighted by Crippen LogP contribution is -2.53. The van der Waals surface area contributed by atoms with Crippen molar-refractivity contribution in [1.29, 1.82) is 0 Å². The molecular weight excluding hydrogens is 1190 g/mol. The number of nitrogens with two attached hydrogens (primary N) is 1. The second kappa shape index (κ2) is 31.7. The molecule has 5 amide bonds. The molecule has 472 valence electrons. The van der Waals surface area contributed by atoms with Gasteiger partial charge in [0.2, 0.25) is 11.8 Å². The van der Waals surface area contributed by atoms with Crippen LogP contribution in [0.2, 0.25) is 5.02 Å². The van der Waals surface area contributed by atoms with Crippen LogP contribution in [0, 0.1) is 31.6 Å². The molecule has 0 spiro atoms. The molecule has 0 saturated carbocycles. The number of alkyl halides is 1. The maximum Gasteiger partial charge on any atom is 0.328 e. The molecular formula is C65H89BrClN5O14. The summed E-state index contributed by atoms with van der Waals surface area (Å²) in [5.74, 6) is -4.83. The minimum atomic E-state index is -1.64. The van der Waals surface area contributed by atoms with Crippen molar-refractivity contribution >= 4 is 86.3 Å². The van der Waals surface area contributed by atoms with Crippen molar-refractivity contribution in [3.63, 3.8) is 0 Å². The molecule has 4 bridgehead atoms. The Balaban J connectivity index is 1.31. The summed E-state index contributed by atoms with van der Waals surface area (Å²) < 4.78 is 24.2. The summed E-state index contributed by atoms with van der Waals surface area (Å²) in [5.41, 5.74) is 7.21. The van der Waals surface area contributed by atoms with Crippen LogP contribution in [-0.2, 0) is 65.4 Å². The van der Waals surface area contributed by atoms with Gasteiger partial charge in [-0.1, -0.05) is 104 Å². The first-order valence-electron chi connectivity index (χ1n) is 29.7. The molecule has 3 heterocycles. The van der Waals surface area contributed by atoms with Crippen LogP contribution < -0.4 is 21.3 Å². The number of rotatable bonds is 26. The summed E-state index contributed by atoms with van der Waals surface area (Å²) in [6.07, 6.45) is 5.34. The van der Waals surface area contributed by atoms with Crippen molar-refractivity contribution < 1.29 is 67.2 Å². The van der Waals surface area contributed by atoms with E-state index in [9.17, 15) is 48.3 Å². The topological polar surface area (TPSA) is 271 Å². The van der Waals surface area contributed by atoms with Crippen molar-refractivity contribution in [2.75, 3.05) is 38.0 Å². The fourth-order valence-electron chi connectivity index (χ4n) is 11.3. The molecule has 0 unspecified atom stereocenters. The van der Waals surface area contributed by atoms with Gasteiger partial charge in [0.05, 0.1) is 35.7 Å². The Labute approximate surface area is 520 Å². The SMILES string of the molecule is C=C(CBr)C(=O)CCCCCCC(=O)C[C@H](C(=O)N[C@@H](CCCNC(N)=O)C(=O)Cc1ccc(C(=O)N(C)[C@@H](C)C(=O)O[C@H]2CC(=O)N(C)c3cc(cc(C)c3Cl)C/C(C)=C/C=C/[C@@H](OC)[C@]3(O)CC(=O)O[C@@H](C3)[C@@H](C)[C@@H]3O[C@@]23C)cc1C)C(C)C. The number of urea groups is 1. The molecule has 3 aliphatic rings. The van der Waals surface area contributed by atoms with Gasteiger partial charge in [-0.2, -0.15) is 0 Å². The highest BCUT2D eigenvalue weighted by atomic mass is 79.9. The Morgan fingerprint density at radius 2 is 1.69 bits per heavy atom. The summed E-state index contributed by atoms with van der Waals surface area (Å²) in [6, 6.07) is 5.61. The Kier molecular flexibility index (Phi) is 26.1. The first-order valence-corrected chi connectivity index (χ1v) is 31.2. The Hall–Kier alpha value is -6.06. The van der Waals surface area contributed by atoms with E-state index in [2.05, 4.69) is 33.1 Å². The second-order valence-electron chi connectivity index (χ2n) is 24.2. The Morgan fingerprint density at radius 3 is 2.33 bits per heavy atom.